The van der Waals surface area contributed by atoms with E-state index in [0.29, 0.717) is 24.7 Å². The van der Waals surface area contributed by atoms with Gasteiger partial charge in [-0.05, 0) is 37.6 Å². The van der Waals surface area contributed by atoms with Gasteiger partial charge in [-0.15, -0.1) is 5.10 Å². The molecule has 6 nitrogen and oxygen atoms in total. The van der Waals surface area contributed by atoms with E-state index in [1.165, 1.54) is 0 Å². The van der Waals surface area contributed by atoms with Crippen LogP contribution in [0.25, 0.3) is 0 Å². The summed E-state index contributed by atoms with van der Waals surface area (Å²) in [4.78, 5) is 2.23. The molecule has 1 aromatic heterocycles. The van der Waals surface area contributed by atoms with Crippen molar-refractivity contribution in [3.63, 3.8) is 0 Å². The maximum atomic E-state index is 10.9. The van der Waals surface area contributed by atoms with E-state index in [0.717, 1.165) is 30.7 Å². The molecule has 1 N–H and O–H groups in total. The summed E-state index contributed by atoms with van der Waals surface area (Å²) in [6.07, 6.45) is 5.10. The number of hydrogen-bond donors (Lipinski definition) is 1. The van der Waals surface area contributed by atoms with Gasteiger partial charge in [0.25, 0.3) is 0 Å². The number of benzene rings is 1. The van der Waals surface area contributed by atoms with E-state index in [9.17, 15) is 5.11 Å². The van der Waals surface area contributed by atoms with Crippen LogP contribution in [0, 0.1) is 0 Å². The van der Waals surface area contributed by atoms with Gasteiger partial charge in [-0.3, -0.25) is 4.90 Å². The van der Waals surface area contributed by atoms with Gasteiger partial charge in [0, 0.05) is 29.9 Å². The first-order valence-electron chi connectivity index (χ1n) is 7.69. The average Bonchev–Trinajstić information content (AvgIpc) is 3.00. The summed E-state index contributed by atoms with van der Waals surface area (Å²) in [6.45, 7) is 2.68. The smallest absolute Gasteiger partial charge is 0.123 e. The highest BCUT2D eigenvalue weighted by Crippen LogP contribution is 2.28. The van der Waals surface area contributed by atoms with E-state index in [2.05, 4.69) is 15.2 Å². The molecule has 3 rings (SSSR count). The molecule has 1 aliphatic heterocycles. The van der Waals surface area contributed by atoms with Crippen molar-refractivity contribution in [2.24, 2.45) is 0 Å². The highest BCUT2D eigenvalue weighted by Gasteiger charge is 2.34. The maximum Gasteiger partial charge on any atom is 0.123 e. The molecule has 0 spiro atoms. The predicted molar refractivity (Wildman–Crippen MR) is 87.5 cm³/mol. The Hall–Kier alpha value is -1.63. The monoisotopic (exact) mass is 336 g/mol. The third kappa shape index (κ3) is 4.02. The molecule has 0 radical (unpaired) electrons. The number of halogens is 1. The van der Waals surface area contributed by atoms with Crippen LogP contribution >= 0.6 is 11.6 Å². The van der Waals surface area contributed by atoms with Crippen molar-refractivity contribution in [3.05, 3.63) is 41.2 Å². The lowest BCUT2D eigenvalue weighted by Crippen LogP contribution is -2.50. The first-order valence-corrected chi connectivity index (χ1v) is 8.07. The SMILES string of the molecule is COc1ccc(Cl)cc1CN1CCCC(O)(Cn2ccnn2)C1. The molecular weight excluding hydrogens is 316 g/mol. The van der Waals surface area contributed by atoms with E-state index in [4.69, 9.17) is 16.3 Å². The van der Waals surface area contributed by atoms with Crippen molar-refractivity contribution >= 4 is 11.6 Å². The first kappa shape index (κ1) is 16.2. The molecule has 1 saturated heterocycles. The van der Waals surface area contributed by atoms with E-state index in [1.807, 2.05) is 18.2 Å². The van der Waals surface area contributed by atoms with Crippen molar-refractivity contribution in [2.75, 3.05) is 20.2 Å². The van der Waals surface area contributed by atoms with Gasteiger partial charge in [0.2, 0.25) is 0 Å². The fourth-order valence-electron chi connectivity index (χ4n) is 3.20. The Kier molecular flexibility index (Phi) is 4.84. The second-order valence-electron chi connectivity index (χ2n) is 6.10. The summed E-state index contributed by atoms with van der Waals surface area (Å²) >= 11 is 6.10. The Morgan fingerprint density at radius 3 is 3.04 bits per heavy atom. The second-order valence-corrected chi connectivity index (χ2v) is 6.53. The molecule has 2 heterocycles. The van der Waals surface area contributed by atoms with Crippen LogP contribution in [0.15, 0.2) is 30.6 Å². The van der Waals surface area contributed by atoms with Crippen LogP contribution in [0.2, 0.25) is 5.02 Å². The number of piperidine rings is 1. The van der Waals surface area contributed by atoms with Gasteiger partial charge >= 0.3 is 0 Å². The molecule has 1 atom stereocenters. The second kappa shape index (κ2) is 6.86. The molecule has 1 aliphatic rings. The van der Waals surface area contributed by atoms with Crippen LogP contribution in [-0.4, -0.2) is 50.8 Å². The van der Waals surface area contributed by atoms with Gasteiger partial charge in [-0.25, -0.2) is 4.68 Å². The summed E-state index contributed by atoms with van der Waals surface area (Å²) in [5, 5.41) is 19.3. The molecule has 1 unspecified atom stereocenters. The number of hydrogen-bond acceptors (Lipinski definition) is 5. The summed E-state index contributed by atoms with van der Waals surface area (Å²) in [6, 6.07) is 5.62. The first-order chi connectivity index (χ1) is 11.1. The van der Waals surface area contributed by atoms with Gasteiger partial charge in [-0.1, -0.05) is 16.8 Å². The number of ether oxygens (including phenoxy) is 1. The van der Waals surface area contributed by atoms with Gasteiger partial charge in [0.15, 0.2) is 0 Å². The van der Waals surface area contributed by atoms with Crippen LogP contribution in [-0.2, 0) is 13.1 Å². The molecule has 0 aliphatic carbocycles. The van der Waals surface area contributed by atoms with Gasteiger partial charge < -0.3 is 9.84 Å². The van der Waals surface area contributed by atoms with E-state index in [-0.39, 0.29) is 0 Å². The Morgan fingerprint density at radius 2 is 2.30 bits per heavy atom. The van der Waals surface area contributed by atoms with Crippen LogP contribution in [0.4, 0.5) is 0 Å². The zero-order valence-electron chi connectivity index (χ0n) is 13.2. The van der Waals surface area contributed by atoms with Crippen molar-refractivity contribution in [3.8, 4) is 5.75 Å². The highest BCUT2D eigenvalue weighted by molar-refractivity contribution is 6.30. The number of rotatable bonds is 5. The normalized spacial score (nSPS) is 22.2. The van der Waals surface area contributed by atoms with Crippen LogP contribution in [0.1, 0.15) is 18.4 Å². The Morgan fingerprint density at radius 1 is 1.43 bits per heavy atom. The minimum atomic E-state index is -0.794. The number of nitrogens with zero attached hydrogens (tertiary/aromatic N) is 4. The van der Waals surface area contributed by atoms with E-state index < -0.39 is 5.60 Å². The molecule has 23 heavy (non-hydrogen) atoms. The fourth-order valence-corrected chi connectivity index (χ4v) is 3.40. The lowest BCUT2D eigenvalue weighted by Gasteiger charge is -2.39. The minimum absolute atomic E-state index is 0.455. The molecular formula is C16H21ClN4O2. The van der Waals surface area contributed by atoms with Gasteiger partial charge in [-0.2, -0.15) is 0 Å². The molecule has 7 heteroatoms. The van der Waals surface area contributed by atoms with Crippen LogP contribution < -0.4 is 4.74 Å². The topological polar surface area (TPSA) is 63.4 Å². The molecule has 2 aromatic rings. The van der Waals surface area contributed by atoms with E-state index >= 15 is 0 Å². The molecule has 0 amide bonds. The number of β-amino-alcohol motifs (C(OH)–C–C–N with tert-alkyl or cyclic N) is 1. The van der Waals surface area contributed by atoms with Crippen LogP contribution in [0.3, 0.4) is 0 Å². The zero-order chi connectivity index (χ0) is 16.3. The average molecular weight is 337 g/mol. The number of aromatic nitrogens is 3. The number of likely N-dealkylation sites (tertiary alicyclic amines) is 1. The largest absolute Gasteiger partial charge is 0.496 e. The van der Waals surface area contributed by atoms with Crippen LogP contribution in [0.5, 0.6) is 5.75 Å². The van der Waals surface area contributed by atoms with Gasteiger partial charge in [0.05, 0.1) is 25.5 Å². The quantitative estimate of drug-likeness (QED) is 0.904. The summed E-state index contributed by atoms with van der Waals surface area (Å²) in [7, 11) is 1.66. The summed E-state index contributed by atoms with van der Waals surface area (Å²) < 4.78 is 7.09. The van der Waals surface area contributed by atoms with E-state index in [1.54, 1.807) is 24.2 Å². The van der Waals surface area contributed by atoms with Crippen molar-refractivity contribution in [1.29, 1.82) is 0 Å². The molecule has 1 aromatic carbocycles. The van der Waals surface area contributed by atoms with Crippen molar-refractivity contribution < 1.29 is 9.84 Å². The Bertz CT molecular complexity index is 650. The molecule has 1 fully saturated rings. The predicted octanol–water partition coefficient (Wildman–Crippen LogP) is 1.97. The summed E-state index contributed by atoms with van der Waals surface area (Å²) in [5.74, 6) is 0.819. The number of methoxy groups -OCH3 is 1. The lowest BCUT2D eigenvalue weighted by molar-refractivity contribution is -0.0479. The molecule has 0 saturated carbocycles. The molecule has 0 bridgehead atoms. The summed E-state index contributed by atoms with van der Waals surface area (Å²) in [5.41, 5.74) is 0.239. The minimum Gasteiger partial charge on any atom is -0.496 e. The zero-order valence-corrected chi connectivity index (χ0v) is 13.9. The Balaban J connectivity index is 1.70. The highest BCUT2D eigenvalue weighted by atomic mass is 35.5. The van der Waals surface area contributed by atoms with Crippen molar-refractivity contribution in [2.45, 2.75) is 31.5 Å². The third-order valence-electron chi connectivity index (χ3n) is 4.20. The third-order valence-corrected chi connectivity index (χ3v) is 4.43. The maximum absolute atomic E-state index is 10.9. The fraction of sp³-hybridized carbons (Fsp3) is 0.500. The molecule has 124 valence electrons. The Labute approximate surface area is 140 Å². The van der Waals surface area contributed by atoms with Crippen molar-refractivity contribution in [1.82, 2.24) is 19.9 Å². The standard InChI is InChI=1S/C16H21ClN4O2/c1-23-15-4-3-14(17)9-13(15)10-20-7-2-5-16(22,11-20)12-21-8-6-18-19-21/h3-4,6,8-9,22H,2,5,7,10-12H2,1H3. The number of aliphatic hydroxyl groups is 1. The lowest BCUT2D eigenvalue weighted by atomic mass is 9.92. The van der Waals surface area contributed by atoms with Gasteiger partial charge in [0.1, 0.15) is 5.75 Å².